The summed E-state index contributed by atoms with van der Waals surface area (Å²) in [6, 6.07) is 8.75. The van der Waals surface area contributed by atoms with Crippen LogP contribution in [0.25, 0.3) is 0 Å². The van der Waals surface area contributed by atoms with Gasteiger partial charge in [0.1, 0.15) is 0 Å². The lowest BCUT2D eigenvalue weighted by atomic mass is 9.68. The summed E-state index contributed by atoms with van der Waals surface area (Å²) in [7, 11) is 4.29. The number of hydrogen-bond acceptors (Lipinski definition) is 2. The molecule has 100 valence electrons. The van der Waals surface area contributed by atoms with E-state index in [2.05, 4.69) is 31.1 Å². The second-order valence-corrected chi connectivity index (χ2v) is 6.30. The average molecular weight is 267 g/mol. The Hall–Kier alpha value is -0.570. The van der Waals surface area contributed by atoms with Crippen LogP contribution in [-0.2, 0) is 5.41 Å². The van der Waals surface area contributed by atoms with Gasteiger partial charge in [0, 0.05) is 23.0 Å². The van der Waals surface area contributed by atoms with Crippen LogP contribution in [0.4, 0.5) is 0 Å². The molecule has 2 nitrogen and oxygen atoms in total. The maximum absolute atomic E-state index is 6.05. The van der Waals surface area contributed by atoms with Crippen LogP contribution in [0.5, 0.6) is 0 Å². The minimum Gasteiger partial charge on any atom is -0.328 e. The predicted octanol–water partition coefficient (Wildman–Crippen LogP) is 3.04. The van der Waals surface area contributed by atoms with E-state index >= 15 is 0 Å². The molecule has 0 heterocycles. The molecule has 0 spiro atoms. The largest absolute Gasteiger partial charge is 0.328 e. The van der Waals surface area contributed by atoms with Crippen molar-refractivity contribution in [1.82, 2.24) is 4.90 Å². The number of rotatable bonds is 3. The Labute approximate surface area is 115 Å². The fourth-order valence-corrected chi connectivity index (χ4v) is 3.27. The van der Waals surface area contributed by atoms with Crippen molar-refractivity contribution in [2.45, 2.75) is 37.1 Å². The Bertz CT molecular complexity index is 378. The molecule has 1 fully saturated rings. The number of hydrogen-bond donors (Lipinski definition) is 1. The van der Waals surface area contributed by atoms with E-state index < -0.39 is 0 Å². The van der Waals surface area contributed by atoms with Crippen molar-refractivity contribution in [2.24, 2.45) is 5.73 Å². The van der Waals surface area contributed by atoms with E-state index in [-0.39, 0.29) is 5.41 Å². The summed E-state index contributed by atoms with van der Waals surface area (Å²) in [5.74, 6) is 0. The molecule has 1 saturated carbocycles. The molecule has 1 aliphatic rings. The first-order chi connectivity index (χ1) is 8.52. The molecule has 18 heavy (non-hydrogen) atoms. The Balaban J connectivity index is 2.27. The van der Waals surface area contributed by atoms with Gasteiger partial charge < -0.3 is 10.6 Å². The summed E-state index contributed by atoms with van der Waals surface area (Å²) >= 11 is 5.99. The molecule has 3 heteroatoms. The van der Waals surface area contributed by atoms with Crippen LogP contribution in [0.3, 0.4) is 0 Å². The van der Waals surface area contributed by atoms with Gasteiger partial charge in [-0.3, -0.25) is 0 Å². The third-order valence-electron chi connectivity index (χ3n) is 4.06. The minimum absolute atomic E-state index is 0.254. The topological polar surface area (TPSA) is 29.3 Å². The number of halogens is 1. The summed E-state index contributed by atoms with van der Waals surface area (Å²) in [6.07, 6.45) is 4.59. The van der Waals surface area contributed by atoms with Crippen molar-refractivity contribution in [2.75, 3.05) is 20.6 Å². The highest BCUT2D eigenvalue weighted by molar-refractivity contribution is 6.30. The summed E-state index contributed by atoms with van der Waals surface area (Å²) in [5, 5.41) is 0.811. The molecule has 1 aliphatic carbocycles. The lowest BCUT2D eigenvalue weighted by Crippen LogP contribution is -2.43. The molecule has 0 aliphatic heterocycles. The van der Waals surface area contributed by atoms with E-state index in [4.69, 9.17) is 17.3 Å². The molecular weight excluding hydrogens is 244 g/mol. The third kappa shape index (κ3) is 3.05. The van der Waals surface area contributed by atoms with Crippen molar-refractivity contribution >= 4 is 11.6 Å². The molecule has 0 saturated heterocycles. The first-order valence-corrected chi connectivity index (χ1v) is 7.06. The van der Waals surface area contributed by atoms with Crippen LogP contribution in [0.1, 0.15) is 31.2 Å². The first kappa shape index (κ1) is 13.9. The highest BCUT2D eigenvalue weighted by Crippen LogP contribution is 2.39. The average Bonchev–Trinajstić information content (AvgIpc) is 2.33. The predicted molar refractivity (Wildman–Crippen MR) is 78.1 cm³/mol. The van der Waals surface area contributed by atoms with Gasteiger partial charge in [-0.15, -0.1) is 0 Å². The first-order valence-electron chi connectivity index (χ1n) is 6.68. The van der Waals surface area contributed by atoms with Crippen molar-refractivity contribution in [3.63, 3.8) is 0 Å². The van der Waals surface area contributed by atoms with E-state index in [9.17, 15) is 0 Å². The number of nitrogens with two attached hydrogens (primary N) is 1. The maximum Gasteiger partial charge on any atom is 0.0406 e. The summed E-state index contributed by atoms with van der Waals surface area (Å²) in [5.41, 5.74) is 7.72. The van der Waals surface area contributed by atoms with E-state index in [1.807, 2.05) is 12.1 Å². The number of likely N-dealkylation sites (N-methyl/N-ethyl adjacent to an activating group) is 1. The third-order valence-corrected chi connectivity index (χ3v) is 4.31. The Morgan fingerprint density at radius 2 is 1.78 bits per heavy atom. The zero-order valence-corrected chi connectivity index (χ0v) is 12.1. The van der Waals surface area contributed by atoms with Crippen LogP contribution in [0.15, 0.2) is 24.3 Å². The van der Waals surface area contributed by atoms with Crippen LogP contribution in [-0.4, -0.2) is 31.6 Å². The second kappa shape index (κ2) is 5.60. The number of benzene rings is 1. The summed E-state index contributed by atoms with van der Waals surface area (Å²) < 4.78 is 0. The van der Waals surface area contributed by atoms with Crippen LogP contribution in [0, 0.1) is 0 Å². The SMILES string of the molecule is CN(C)CC1(c2ccc(Cl)cc2)CCC(N)CC1. The second-order valence-electron chi connectivity index (χ2n) is 5.86. The molecular formula is C15H23ClN2. The molecule has 0 atom stereocenters. The van der Waals surface area contributed by atoms with Crippen molar-refractivity contribution in [1.29, 1.82) is 0 Å². The summed E-state index contributed by atoms with van der Waals surface area (Å²) in [6.45, 7) is 1.08. The van der Waals surface area contributed by atoms with Crippen LogP contribution in [0.2, 0.25) is 5.02 Å². The molecule has 2 N–H and O–H groups in total. The van der Waals surface area contributed by atoms with Gasteiger partial charge in [0.2, 0.25) is 0 Å². The molecule has 2 rings (SSSR count). The van der Waals surface area contributed by atoms with Crippen molar-refractivity contribution in [3.05, 3.63) is 34.9 Å². The highest BCUT2D eigenvalue weighted by atomic mass is 35.5. The fraction of sp³-hybridized carbons (Fsp3) is 0.600. The summed E-state index contributed by atoms with van der Waals surface area (Å²) in [4.78, 5) is 2.28. The standard InChI is InChI=1S/C15H23ClN2/c1-18(2)11-15(9-7-14(17)8-10-15)12-3-5-13(16)6-4-12/h3-6,14H,7-11,17H2,1-2H3. The van der Waals surface area contributed by atoms with Gasteiger partial charge >= 0.3 is 0 Å². The Morgan fingerprint density at radius 1 is 1.22 bits per heavy atom. The van der Waals surface area contributed by atoms with Gasteiger partial charge in [-0.05, 0) is 57.5 Å². The monoisotopic (exact) mass is 266 g/mol. The van der Waals surface area contributed by atoms with Crippen molar-refractivity contribution in [3.8, 4) is 0 Å². The molecule has 1 aromatic rings. The van der Waals surface area contributed by atoms with Gasteiger partial charge in [0.05, 0.1) is 0 Å². The molecule has 0 unspecified atom stereocenters. The molecule has 0 bridgehead atoms. The van der Waals surface area contributed by atoms with Crippen LogP contribution >= 0.6 is 11.6 Å². The fourth-order valence-electron chi connectivity index (χ4n) is 3.14. The van der Waals surface area contributed by atoms with Gasteiger partial charge in [-0.2, -0.15) is 0 Å². The van der Waals surface area contributed by atoms with Crippen molar-refractivity contribution < 1.29 is 0 Å². The van der Waals surface area contributed by atoms with Gasteiger partial charge in [0.15, 0.2) is 0 Å². The van der Waals surface area contributed by atoms with Gasteiger partial charge in [0.25, 0.3) is 0 Å². The van der Waals surface area contributed by atoms with E-state index in [1.54, 1.807) is 0 Å². The number of nitrogens with zero attached hydrogens (tertiary/aromatic N) is 1. The normalized spacial score (nSPS) is 28.6. The smallest absolute Gasteiger partial charge is 0.0406 e. The Kier molecular flexibility index (Phi) is 4.31. The highest BCUT2D eigenvalue weighted by Gasteiger charge is 2.36. The minimum atomic E-state index is 0.254. The lowest BCUT2D eigenvalue weighted by Gasteiger charge is -2.41. The molecule has 0 radical (unpaired) electrons. The quantitative estimate of drug-likeness (QED) is 0.911. The molecule has 0 amide bonds. The Morgan fingerprint density at radius 3 is 2.28 bits per heavy atom. The van der Waals surface area contributed by atoms with Gasteiger partial charge in [-0.25, -0.2) is 0 Å². The van der Waals surface area contributed by atoms with E-state index in [1.165, 1.54) is 18.4 Å². The van der Waals surface area contributed by atoms with E-state index in [0.717, 1.165) is 24.4 Å². The molecule has 1 aromatic carbocycles. The maximum atomic E-state index is 6.05. The lowest BCUT2D eigenvalue weighted by molar-refractivity contribution is 0.204. The van der Waals surface area contributed by atoms with E-state index in [0.29, 0.717) is 6.04 Å². The molecule has 0 aromatic heterocycles. The zero-order valence-electron chi connectivity index (χ0n) is 11.3. The van der Waals surface area contributed by atoms with Gasteiger partial charge in [-0.1, -0.05) is 23.7 Å². The zero-order chi connectivity index (χ0) is 13.2. The van der Waals surface area contributed by atoms with Crippen LogP contribution < -0.4 is 5.73 Å².